The zero-order valence-electron chi connectivity index (χ0n) is 26.0. The lowest BCUT2D eigenvalue weighted by molar-refractivity contribution is -0.281. The van der Waals surface area contributed by atoms with Gasteiger partial charge in [0, 0.05) is 30.8 Å². The number of nitrogens with two attached hydrogens (primary N) is 1. The van der Waals surface area contributed by atoms with Gasteiger partial charge in [0.2, 0.25) is 12.2 Å². The molecule has 240 valence electrons. The van der Waals surface area contributed by atoms with E-state index in [1.807, 2.05) is 26.8 Å². The summed E-state index contributed by atoms with van der Waals surface area (Å²) in [5.41, 5.74) is 11.0. The first kappa shape index (κ1) is 33.6. The van der Waals surface area contributed by atoms with Gasteiger partial charge in [-0.3, -0.25) is 5.41 Å². The van der Waals surface area contributed by atoms with Gasteiger partial charge in [-0.05, 0) is 86.7 Å². The summed E-state index contributed by atoms with van der Waals surface area (Å²) < 4.78 is 11.1. The third-order valence-electron chi connectivity index (χ3n) is 9.39. The standard InChI is InChI=1S/C33H52N4O6/c1-21(2)27(34)25(31(35)43-32-30(41)29(40)28(39)26(19-38)42-32)18-24-9-8-23(17-22(24)3)7-4-5-15-37-16-6-10-33(20-37)11-13-36-14-12-33/h4,7-9,17,21,26,28-30,32,35-36,38-41H,5-6,10-16,18-20,34H2,1-3H3/b7-4+,27-25-,35-31?/t26-,28-,29+,30-,32+/m1/s1. The van der Waals surface area contributed by atoms with Crippen molar-refractivity contribution in [2.75, 3.05) is 39.3 Å². The lowest BCUT2D eigenvalue weighted by Crippen LogP contribution is -2.59. The minimum absolute atomic E-state index is 0.0687. The number of nitrogens with zero attached hydrogens (tertiary/aromatic N) is 1. The molecule has 0 bridgehead atoms. The summed E-state index contributed by atoms with van der Waals surface area (Å²) in [7, 11) is 0. The van der Waals surface area contributed by atoms with Crippen LogP contribution in [0.3, 0.4) is 0 Å². The van der Waals surface area contributed by atoms with E-state index in [4.69, 9.17) is 20.6 Å². The van der Waals surface area contributed by atoms with Gasteiger partial charge in [-0.15, -0.1) is 0 Å². The van der Waals surface area contributed by atoms with Crippen molar-refractivity contribution in [2.45, 2.75) is 90.0 Å². The molecule has 3 heterocycles. The van der Waals surface area contributed by atoms with Gasteiger partial charge in [-0.1, -0.05) is 44.2 Å². The Hall–Kier alpha value is -2.31. The number of likely N-dealkylation sites (tertiary alicyclic amines) is 1. The number of aliphatic hydroxyl groups is 4. The molecule has 1 aromatic carbocycles. The molecule has 1 aromatic rings. The van der Waals surface area contributed by atoms with E-state index in [9.17, 15) is 20.4 Å². The van der Waals surface area contributed by atoms with Crippen LogP contribution in [0.1, 0.15) is 62.6 Å². The van der Waals surface area contributed by atoms with E-state index < -0.39 is 37.3 Å². The van der Waals surface area contributed by atoms with Gasteiger partial charge < -0.3 is 45.9 Å². The Morgan fingerprint density at radius 2 is 1.93 bits per heavy atom. The largest absolute Gasteiger partial charge is 0.445 e. The lowest BCUT2D eigenvalue weighted by atomic mass is 9.73. The Morgan fingerprint density at radius 3 is 2.60 bits per heavy atom. The maximum Gasteiger partial charge on any atom is 0.231 e. The quantitative estimate of drug-likeness (QED) is 0.157. The van der Waals surface area contributed by atoms with Gasteiger partial charge in [0.25, 0.3) is 0 Å². The number of nitrogens with one attached hydrogen (secondary N) is 2. The Balaban J connectivity index is 1.37. The molecule has 3 aliphatic heterocycles. The smallest absolute Gasteiger partial charge is 0.231 e. The molecule has 0 aromatic heterocycles. The molecule has 3 aliphatic rings. The van der Waals surface area contributed by atoms with Crippen LogP contribution in [0.2, 0.25) is 0 Å². The van der Waals surface area contributed by atoms with E-state index in [0.29, 0.717) is 23.1 Å². The maximum atomic E-state index is 10.4. The van der Waals surface area contributed by atoms with Crippen LogP contribution in [0.15, 0.2) is 35.5 Å². The van der Waals surface area contributed by atoms with Crippen LogP contribution in [0.4, 0.5) is 0 Å². The predicted molar refractivity (Wildman–Crippen MR) is 167 cm³/mol. The van der Waals surface area contributed by atoms with Crippen LogP contribution in [-0.4, -0.2) is 101 Å². The molecule has 5 atom stereocenters. The highest BCUT2D eigenvalue weighted by Crippen LogP contribution is 2.38. The molecule has 43 heavy (non-hydrogen) atoms. The Kier molecular flexibility index (Phi) is 11.8. The van der Waals surface area contributed by atoms with Crippen molar-refractivity contribution in [1.29, 1.82) is 5.41 Å². The Morgan fingerprint density at radius 1 is 1.19 bits per heavy atom. The molecule has 1 spiro atoms. The number of piperidine rings is 2. The molecule has 0 aliphatic carbocycles. The number of benzene rings is 1. The van der Waals surface area contributed by atoms with Crippen LogP contribution in [0.5, 0.6) is 0 Å². The second kappa shape index (κ2) is 15.1. The fourth-order valence-corrected chi connectivity index (χ4v) is 6.57. The van der Waals surface area contributed by atoms with E-state index >= 15 is 0 Å². The number of hydrogen-bond acceptors (Lipinski definition) is 10. The van der Waals surface area contributed by atoms with E-state index in [1.165, 1.54) is 38.8 Å². The van der Waals surface area contributed by atoms with Crippen molar-refractivity contribution in [1.82, 2.24) is 10.2 Å². The van der Waals surface area contributed by atoms with Crippen LogP contribution in [0, 0.1) is 23.7 Å². The highest BCUT2D eigenvalue weighted by atomic mass is 16.7. The van der Waals surface area contributed by atoms with Crippen LogP contribution in [0.25, 0.3) is 6.08 Å². The lowest BCUT2D eigenvalue weighted by Gasteiger charge is -2.45. The summed E-state index contributed by atoms with van der Waals surface area (Å²) in [6.45, 7) is 11.1. The van der Waals surface area contributed by atoms with Crippen molar-refractivity contribution in [3.8, 4) is 0 Å². The fourth-order valence-electron chi connectivity index (χ4n) is 6.57. The number of allylic oxidation sites excluding steroid dienone is 1. The zero-order valence-corrected chi connectivity index (χ0v) is 26.0. The molecule has 10 nitrogen and oxygen atoms in total. The van der Waals surface area contributed by atoms with E-state index in [0.717, 1.165) is 42.7 Å². The molecule has 3 saturated heterocycles. The second-order valence-corrected chi connectivity index (χ2v) is 12.9. The van der Waals surface area contributed by atoms with Crippen molar-refractivity contribution < 1.29 is 29.9 Å². The van der Waals surface area contributed by atoms with Gasteiger partial charge in [-0.25, -0.2) is 0 Å². The molecule has 3 fully saturated rings. The summed E-state index contributed by atoms with van der Waals surface area (Å²) in [5, 5.41) is 52.2. The highest BCUT2D eigenvalue weighted by molar-refractivity contribution is 5.92. The summed E-state index contributed by atoms with van der Waals surface area (Å²) in [5.74, 6) is -0.358. The van der Waals surface area contributed by atoms with Crippen molar-refractivity contribution in [3.05, 3.63) is 52.2 Å². The number of hydrogen-bond donors (Lipinski definition) is 7. The Bertz CT molecular complexity index is 1140. The third kappa shape index (κ3) is 8.45. The van der Waals surface area contributed by atoms with Gasteiger partial charge in [-0.2, -0.15) is 0 Å². The first-order valence-electron chi connectivity index (χ1n) is 15.8. The van der Waals surface area contributed by atoms with Crippen LogP contribution in [-0.2, 0) is 15.9 Å². The molecular formula is C33H52N4O6. The molecule has 0 radical (unpaired) electrons. The van der Waals surface area contributed by atoms with Gasteiger partial charge in [0.15, 0.2) is 0 Å². The van der Waals surface area contributed by atoms with E-state index in [2.05, 4.69) is 34.5 Å². The first-order chi connectivity index (χ1) is 20.5. The summed E-state index contributed by atoms with van der Waals surface area (Å²) in [6, 6.07) is 6.23. The monoisotopic (exact) mass is 600 g/mol. The maximum absolute atomic E-state index is 10.4. The Labute approximate surface area is 256 Å². The minimum Gasteiger partial charge on any atom is -0.445 e. The van der Waals surface area contributed by atoms with Crippen molar-refractivity contribution in [3.63, 3.8) is 0 Å². The predicted octanol–water partition coefficient (Wildman–Crippen LogP) is 2.07. The van der Waals surface area contributed by atoms with Crippen molar-refractivity contribution in [2.24, 2.45) is 17.1 Å². The SMILES string of the molecule is Cc1cc(/C=C/CCN2CCCC3(CCNCC3)C2)ccc1C/C(C(=N)O[C@@H]1O[C@H](CO)[C@@H](O)[C@H](O)[C@H]1O)=C(/N)C(C)C. The van der Waals surface area contributed by atoms with E-state index in [-0.39, 0.29) is 11.8 Å². The molecule has 0 unspecified atom stereocenters. The number of rotatable bonds is 10. The molecule has 0 amide bonds. The van der Waals surface area contributed by atoms with Crippen LogP contribution >= 0.6 is 0 Å². The molecular weight excluding hydrogens is 548 g/mol. The zero-order chi connectivity index (χ0) is 31.1. The van der Waals surface area contributed by atoms with Gasteiger partial charge >= 0.3 is 0 Å². The molecule has 0 saturated carbocycles. The molecule has 10 heteroatoms. The fraction of sp³-hybridized carbons (Fsp3) is 0.667. The summed E-state index contributed by atoms with van der Waals surface area (Å²) >= 11 is 0. The third-order valence-corrected chi connectivity index (χ3v) is 9.39. The average molecular weight is 601 g/mol. The van der Waals surface area contributed by atoms with Crippen LogP contribution < -0.4 is 11.1 Å². The minimum atomic E-state index is -1.60. The number of aryl methyl sites for hydroxylation is 1. The first-order valence-corrected chi connectivity index (χ1v) is 15.8. The number of ether oxygens (including phenoxy) is 2. The highest BCUT2D eigenvalue weighted by Gasteiger charge is 2.45. The summed E-state index contributed by atoms with van der Waals surface area (Å²) in [4.78, 5) is 2.64. The summed E-state index contributed by atoms with van der Waals surface area (Å²) in [6.07, 6.45) is 3.77. The molecule has 8 N–H and O–H groups in total. The van der Waals surface area contributed by atoms with Gasteiger partial charge in [0.1, 0.15) is 24.4 Å². The van der Waals surface area contributed by atoms with E-state index in [1.54, 1.807) is 0 Å². The van der Waals surface area contributed by atoms with Gasteiger partial charge in [0.05, 0.1) is 6.61 Å². The number of aliphatic hydroxyl groups excluding tert-OH is 4. The molecule has 4 rings (SSSR count). The second-order valence-electron chi connectivity index (χ2n) is 12.9. The normalized spacial score (nSPS) is 28.8. The topological polar surface area (TPSA) is 165 Å². The van der Waals surface area contributed by atoms with Crippen molar-refractivity contribution >= 4 is 12.0 Å². The average Bonchev–Trinajstić information content (AvgIpc) is 2.99.